The maximum atomic E-state index is 13.6. The molecule has 1 aromatic carbocycles. The second-order valence-corrected chi connectivity index (χ2v) is 6.33. The zero-order valence-electron chi connectivity index (χ0n) is 12.8. The van der Waals surface area contributed by atoms with Crippen LogP contribution in [0.1, 0.15) is 44.2 Å². The predicted molar refractivity (Wildman–Crippen MR) is 85.3 cm³/mol. The molecule has 2 aromatic heterocycles. The van der Waals surface area contributed by atoms with Crippen molar-refractivity contribution < 1.29 is 4.39 Å². The van der Waals surface area contributed by atoms with E-state index in [0.717, 1.165) is 35.3 Å². The third-order valence-corrected chi connectivity index (χ3v) is 4.25. The number of halogens is 1. The number of rotatable bonds is 3. The molecule has 0 atom stereocenters. The molecule has 0 aliphatic heterocycles. The number of pyridine rings is 1. The summed E-state index contributed by atoms with van der Waals surface area (Å²) in [6, 6.07) is 7.40. The van der Waals surface area contributed by atoms with Crippen LogP contribution in [0.2, 0.25) is 0 Å². The normalized spacial score (nSPS) is 14.9. The van der Waals surface area contributed by atoms with E-state index in [1.165, 1.54) is 11.6 Å². The van der Waals surface area contributed by atoms with Crippen LogP contribution >= 0.6 is 0 Å². The lowest BCUT2D eigenvalue weighted by molar-refractivity contribution is 0.628. The molecule has 0 amide bonds. The molecule has 4 rings (SSSR count). The molecule has 1 aliphatic carbocycles. The summed E-state index contributed by atoms with van der Waals surface area (Å²) < 4.78 is 15.8. The van der Waals surface area contributed by atoms with Crippen molar-refractivity contribution in [3.63, 3.8) is 0 Å². The Kier molecular flexibility index (Phi) is 2.99. The monoisotopic (exact) mass is 295 g/mol. The van der Waals surface area contributed by atoms with Crippen LogP contribution in [0.5, 0.6) is 0 Å². The molecule has 2 heterocycles. The van der Waals surface area contributed by atoms with Gasteiger partial charge in [0.05, 0.1) is 11.0 Å². The number of imidazole rings is 1. The van der Waals surface area contributed by atoms with Crippen LogP contribution in [-0.4, -0.2) is 14.5 Å². The van der Waals surface area contributed by atoms with Gasteiger partial charge in [-0.25, -0.2) is 9.37 Å². The smallest absolute Gasteiger partial charge is 0.142 e. The summed E-state index contributed by atoms with van der Waals surface area (Å²) in [7, 11) is 0. The van der Waals surface area contributed by atoms with Crippen LogP contribution in [0, 0.1) is 5.82 Å². The van der Waals surface area contributed by atoms with Crippen LogP contribution in [0.3, 0.4) is 0 Å². The Morgan fingerprint density at radius 3 is 2.73 bits per heavy atom. The van der Waals surface area contributed by atoms with Crippen molar-refractivity contribution in [3.8, 4) is 11.4 Å². The Labute approximate surface area is 128 Å². The summed E-state index contributed by atoms with van der Waals surface area (Å²) in [6.45, 7) is 4.31. The largest absolute Gasteiger partial charge is 0.321 e. The van der Waals surface area contributed by atoms with E-state index in [0.29, 0.717) is 12.0 Å². The molecular formula is C18H18FN3. The van der Waals surface area contributed by atoms with Crippen molar-refractivity contribution in [3.05, 3.63) is 48.0 Å². The molecule has 0 radical (unpaired) electrons. The second-order valence-electron chi connectivity index (χ2n) is 6.33. The predicted octanol–water partition coefficient (Wildman–Crippen LogP) is 4.70. The van der Waals surface area contributed by atoms with Crippen LogP contribution < -0.4 is 0 Å². The number of fused-ring (bicyclic) bond motifs is 1. The van der Waals surface area contributed by atoms with Gasteiger partial charge in [-0.3, -0.25) is 4.98 Å². The number of hydrogen-bond acceptors (Lipinski definition) is 2. The summed E-state index contributed by atoms with van der Waals surface area (Å²) in [5, 5.41) is 0. The van der Waals surface area contributed by atoms with Crippen LogP contribution in [0.25, 0.3) is 22.4 Å². The van der Waals surface area contributed by atoms with E-state index in [-0.39, 0.29) is 5.82 Å². The minimum absolute atomic E-state index is 0.213. The number of benzene rings is 1. The van der Waals surface area contributed by atoms with E-state index in [9.17, 15) is 4.39 Å². The first kappa shape index (κ1) is 13.4. The first-order valence-corrected chi connectivity index (χ1v) is 7.76. The quantitative estimate of drug-likeness (QED) is 0.701. The number of hydrogen-bond donors (Lipinski definition) is 0. The Morgan fingerprint density at radius 1 is 1.18 bits per heavy atom. The average Bonchev–Trinajstić information content (AvgIpc) is 3.28. The molecule has 112 valence electrons. The van der Waals surface area contributed by atoms with E-state index in [4.69, 9.17) is 4.98 Å². The van der Waals surface area contributed by atoms with Crippen molar-refractivity contribution in [2.75, 3.05) is 0 Å². The lowest BCUT2D eigenvalue weighted by atomic mass is 10.0. The lowest BCUT2D eigenvalue weighted by Crippen LogP contribution is -1.99. The molecule has 1 saturated carbocycles. The van der Waals surface area contributed by atoms with Crippen LogP contribution in [-0.2, 0) is 0 Å². The first-order valence-electron chi connectivity index (χ1n) is 7.76. The van der Waals surface area contributed by atoms with Gasteiger partial charge in [0, 0.05) is 24.0 Å². The van der Waals surface area contributed by atoms with Gasteiger partial charge in [0.15, 0.2) is 0 Å². The van der Waals surface area contributed by atoms with Crippen molar-refractivity contribution in [1.82, 2.24) is 14.5 Å². The van der Waals surface area contributed by atoms with Gasteiger partial charge in [0.2, 0.25) is 0 Å². The highest BCUT2D eigenvalue weighted by molar-refractivity contribution is 5.81. The van der Waals surface area contributed by atoms with Gasteiger partial charge in [0.25, 0.3) is 0 Å². The summed E-state index contributed by atoms with van der Waals surface area (Å²) in [5.74, 6) is 1.11. The first-order chi connectivity index (χ1) is 10.6. The van der Waals surface area contributed by atoms with Gasteiger partial charge in [-0.1, -0.05) is 13.8 Å². The zero-order valence-corrected chi connectivity index (χ0v) is 12.8. The summed E-state index contributed by atoms with van der Waals surface area (Å²) >= 11 is 0. The molecular weight excluding hydrogens is 277 g/mol. The fraction of sp³-hybridized carbons (Fsp3) is 0.333. The highest BCUT2D eigenvalue weighted by Gasteiger charge is 2.29. The molecule has 1 aliphatic rings. The minimum Gasteiger partial charge on any atom is -0.321 e. The van der Waals surface area contributed by atoms with Crippen molar-refractivity contribution in [2.24, 2.45) is 0 Å². The maximum absolute atomic E-state index is 13.6. The summed E-state index contributed by atoms with van der Waals surface area (Å²) in [6.07, 6.45) is 6.01. The van der Waals surface area contributed by atoms with Crippen molar-refractivity contribution in [1.29, 1.82) is 0 Å². The Balaban J connectivity index is 1.94. The Bertz CT molecular complexity index is 847. The Hall–Kier alpha value is -2.23. The minimum atomic E-state index is -0.213. The van der Waals surface area contributed by atoms with Gasteiger partial charge in [-0.15, -0.1) is 0 Å². The summed E-state index contributed by atoms with van der Waals surface area (Å²) in [4.78, 5) is 9.11. The van der Waals surface area contributed by atoms with Gasteiger partial charge >= 0.3 is 0 Å². The lowest BCUT2D eigenvalue weighted by Gasteiger charge is -2.10. The Morgan fingerprint density at radius 2 is 2.00 bits per heavy atom. The van der Waals surface area contributed by atoms with Crippen molar-refractivity contribution >= 4 is 11.0 Å². The topological polar surface area (TPSA) is 30.7 Å². The van der Waals surface area contributed by atoms with E-state index >= 15 is 0 Å². The third kappa shape index (κ3) is 2.19. The van der Waals surface area contributed by atoms with Crippen LogP contribution in [0.15, 0.2) is 36.7 Å². The fourth-order valence-corrected chi connectivity index (χ4v) is 2.87. The average molecular weight is 295 g/mol. The molecule has 0 unspecified atom stereocenters. The maximum Gasteiger partial charge on any atom is 0.142 e. The highest BCUT2D eigenvalue weighted by Crippen LogP contribution is 2.41. The standard InChI is InChI=1S/C18H18FN3/c1-11(2)12-7-13(10-20-9-12)18-21-16-6-3-14(19)8-17(16)22(18)15-4-5-15/h3,6-11,15H,4-5H2,1-2H3. The van der Waals surface area contributed by atoms with E-state index in [1.54, 1.807) is 12.1 Å². The molecule has 0 bridgehead atoms. The van der Waals surface area contributed by atoms with E-state index in [2.05, 4.69) is 29.5 Å². The van der Waals surface area contributed by atoms with E-state index in [1.807, 2.05) is 12.4 Å². The molecule has 1 fully saturated rings. The molecule has 3 aromatic rings. The fourth-order valence-electron chi connectivity index (χ4n) is 2.87. The highest BCUT2D eigenvalue weighted by atomic mass is 19.1. The van der Waals surface area contributed by atoms with Gasteiger partial charge in [-0.2, -0.15) is 0 Å². The van der Waals surface area contributed by atoms with E-state index < -0.39 is 0 Å². The molecule has 0 spiro atoms. The number of nitrogens with zero attached hydrogens (tertiary/aromatic N) is 3. The molecule has 4 heteroatoms. The van der Waals surface area contributed by atoms with Gasteiger partial charge in [-0.05, 0) is 48.6 Å². The molecule has 0 N–H and O–H groups in total. The molecule has 22 heavy (non-hydrogen) atoms. The molecule has 0 saturated heterocycles. The van der Waals surface area contributed by atoms with Crippen LogP contribution in [0.4, 0.5) is 4.39 Å². The third-order valence-electron chi connectivity index (χ3n) is 4.25. The van der Waals surface area contributed by atoms with Crippen molar-refractivity contribution in [2.45, 2.75) is 38.6 Å². The second kappa shape index (κ2) is 4.90. The van der Waals surface area contributed by atoms with Gasteiger partial charge < -0.3 is 4.57 Å². The SMILES string of the molecule is CC(C)c1cncc(-c2nc3ccc(F)cc3n2C2CC2)c1. The number of aromatic nitrogens is 3. The summed E-state index contributed by atoms with van der Waals surface area (Å²) in [5.41, 5.74) is 3.93. The molecule has 3 nitrogen and oxygen atoms in total. The zero-order chi connectivity index (χ0) is 15.3. The van der Waals surface area contributed by atoms with Gasteiger partial charge in [0.1, 0.15) is 11.6 Å².